The van der Waals surface area contributed by atoms with Crippen LogP contribution in [0.25, 0.3) is 10.2 Å². The second kappa shape index (κ2) is 11.0. The second-order valence-electron chi connectivity index (χ2n) is 8.54. The molecule has 1 amide bonds. The Labute approximate surface area is 192 Å². The van der Waals surface area contributed by atoms with Crippen molar-refractivity contribution < 1.29 is 9.53 Å². The number of ether oxygens (including phenoxy) is 1. The minimum absolute atomic E-state index is 0.00462. The Bertz CT molecular complexity index is 963. The third kappa shape index (κ3) is 5.52. The number of unbranched alkanes of at least 4 members (excludes halogenated alkanes) is 3. The highest BCUT2D eigenvalue weighted by Gasteiger charge is 2.25. The van der Waals surface area contributed by atoms with Gasteiger partial charge in [-0.2, -0.15) is 0 Å². The van der Waals surface area contributed by atoms with Gasteiger partial charge in [-0.15, -0.1) is 11.3 Å². The van der Waals surface area contributed by atoms with E-state index in [2.05, 4.69) is 12.2 Å². The maximum Gasteiger partial charge on any atom is 0.263 e. The van der Waals surface area contributed by atoms with Gasteiger partial charge in [-0.1, -0.05) is 37.9 Å². The smallest absolute Gasteiger partial charge is 0.263 e. The summed E-state index contributed by atoms with van der Waals surface area (Å²) in [5.74, 6) is 0.285. The van der Waals surface area contributed by atoms with Crippen molar-refractivity contribution in [1.82, 2.24) is 14.9 Å². The molecule has 3 heterocycles. The average Bonchev–Trinajstić information content (AvgIpc) is 3.41. The Morgan fingerprint density at radius 1 is 1.26 bits per heavy atom. The molecule has 1 aliphatic heterocycles. The standard InChI is InChI=1S/C23H33N3O3S2/c1-2-3-4-7-12-24-19(27)15-30-23-25-21-20(17-10-5-6-11-18(17)31-21)22(28)26(23)14-16-9-8-13-29-16/h16H,2-15H2,1H3,(H,24,27). The number of thiophene rings is 1. The lowest BCUT2D eigenvalue weighted by Gasteiger charge is -2.16. The number of amides is 1. The van der Waals surface area contributed by atoms with E-state index in [0.29, 0.717) is 18.2 Å². The molecule has 2 aliphatic rings. The van der Waals surface area contributed by atoms with Crippen molar-refractivity contribution in [2.45, 2.75) is 88.9 Å². The van der Waals surface area contributed by atoms with Crippen LogP contribution in [0.15, 0.2) is 9.95 Å². The molecule has 0 saturated carbocycles. The summed E-state index contributed by atoms with van der Waals surface area (Å²) in [5.41, 5.74) is 1.26. The summed E-state index contributed by atoms with van der Waals surface area (Å²) in [6.07, 6.45) is 10.9. The molecule has 0 radical (unpaired) electrons. The first-order chi connectivity index (χ1) is 15.2. The normalized spacial score (nSPS) is 18.4. The number of hydrogen-bond donors (Lipinski definition) is 1. The van der Waals surface area contributed by atoms with Crippen molar-refractivity contribution in [1.29, 1.82) is 0 Å². The molecule has 0 aromatic carbocycles. The van der Waals surface area contributed by atoms with Crippen molar-refractivity contribution >= 4 is 39.2 Å². The molecular weight excluding hydrogens is 430 g/mol. The monoisotopic (exact) mass is 463 g/mol. The predicted octanol–water partition coefficient (Wildman–Crippen LogP) is 4.30. The zero-order valence-corrected chi connectivity index (χ0v) is 20.0. The summed E-state index contributed by atoms with van der Waals surface area (Å²) in [4.78, 5) is 32.9. The first-order valence-corrected chi connectivity index (χ1v) is 13.5. The van der Waals surface area contributed by atoms with E-state index in [-0.39, 0.29) is 23.3 Å². The Hall–Kier alpha value is -1.38. The minimum Gasteiger partial charge on any atom is -0.376 e. The second-order valence-corrected chi connectivity index (χ2v) is 10.6. The van der Waals surface area contributed by atoms with Crippen LogP contribution in [-0.2, 0) is 28.9 Å². The number of nitrogens with zero attached hydrogens (tertiary/aromatic N) is 2. The summed E-state index contributed by atoms with van der Waals surface area (Å²) in [6, 6.07) is 0. The van der Waals surface area contributed by atoms with Crippen LogP contribution in [0.3, 0.4) is 0 Å². The van der Waals surface area contributed by atoms with E-state index < -0.39 is 0 Å². The summed E-state index contributed by atoms with van der Waals surface area (Å²) >= 11 is 3.04. The number of aromatic nitrogens is 2. The molecule has 1 saturated heterocycles. The zero-order valence-electron chi connectivity index (χ0n) is 18.4. The predicted molar refractivity (Wildman–Crippen MR) is 127 cm³/mol. The van der Waals surface area contributed by atoms with Gasteiger partial charge in [0.1, 0.15) is 4.83 Å². The quantitative estimate of drug-likeness (QED) is 0.323. The number of aryl methyl sites for hydroxylation is 2. The highest BCUT2D eigenvalue weighted by Crippen LogP contribution is 2.35. The molecule has 2 aromatic heterocycles. The number of fused-ring (bicyclic) bond motifs is 3. The molecule has 1 fully saturated rings. The topological polar surface area (TPSA) is 73.2 Å². The highest BCUT2D eigenvalue weighted by atomic mass is 32.2. The van der Waals surface area contributed by atoms with Crippen molar-refractivity contribution in [3.05, 3.63) is 20.8 Å². The van der Waals surface area contributed by atoms with Gasteiger partial charge in [-0.25, -0.2) is 4.98 Å². The van der Waals surface area contributed by atoms with Crippen LogP contribution < -0.4 is 10.9 Å². The fourth-order valence-corrected chi connectivity index (χ4v) is 6.58. The number of hydrogen-bond acceptors (Lipinski definition) is 6. The molecule has 1 atom stereocenters. The van der Waals surface area contributed by atoms with Gasteiger partial charge < -0.3 is 10.1 Å². The maximum absolute atomic E-state index is 13.5. The van der Waals surface area contributed by atoms with Crippen molar-refractivity contribution in [3.63, 3.8) is 0 Å². The molecular formula is C23H33N3O3S2. The van der Waals surface area contributed by atoms with Gasteiger partial charge in [-0.05, 0) is 50.5 Å². The Morgan fingerprint density at radius 2 is 2.13 bits per heavy atom. The van der Waals surface area contributed by atoms with Gasteiger partial charge >= 0.3 is 0 Å². The summed E-state index contributed by atoms with van der Waals surface area (Å²) < 4.78 is 7.59. The summed E-state index contributed by atoms with van der Waals surface area (Å²) in [6.45, 7) is 4.17. The Morgan fingerprint density at radius 3 is 2.94 bits per heavy atom. The molecule has 31 heavy (non-hydrogen) atoms. The lowest BCUT2D eigenvalue weighted by atomic mass is 9.97. The van der Waals surface area contributed by atoms with Crippen LogP contribution in [0, 0.1) is 0 Å². The van der Waals surface area contributed by atoms with E-state index in [1.807, 2.05) is 0 Å². The van der Waals surface area contributed by atoms with E-state index in [4.69, 9.17) is 9.72 Å². The van der Waals surface area contributed by atoms with Crippen LogP contribution in [0.4, 0.5) is 0 Å². The van der Waals surface area contributed by atoms with Crippen molar-refractivity contribution in [2.75, 3.05) is 18.9 Å². The Kier molecular flexibility index (Phi) is 8.07. The van der Waals surface area contributed by atoms with Crippen LogP contribution in [0.5, 0.6) is 0 Å². The first-order valence-electron chi connectivity index (χ1n) is 11.7. The van der Waals surface area contributed by atoms with E-state index in [9.17, 15) is 9.59 Å². The lowest BCUT2D eigenvalue weighted by molar-refractivity contribution is -0.118. The molecule has 2 aromatic rings. The Balaban J connectivity index is 1.53. The van der Waals surface area contributed by atoms with Crippen molar-refractivity contribution in [2.24, 2.45) is 0 Å². The number of carbonyl (C=O) groups excluding carboxylic acids is 1. The third-order valence-corrected chi connectivity index (χ3v) is 8.30. The fraction of sp³-hybridized carbons (Fsp3) is 0.696. The third-order valence-electron chi connectivity index (χ3n) is 6.13. The van der Waals surface area contributed by atoms with E-state index in [1.165, 1.54) is 41.5 Å². The molecule has 1 aliphatic carbocycles. The fourth-order valence-electron chi connectivity index (χ4n) is 4.44. The molecule has 4 rings (SSSR count). The summed E-state index contributed by atoms with van der Waals surface area (Å²) in [7, 11) is 0. The minimum atomic E-state index is 0.00462. The molecule has 0 bridgehead atoms. The molecule has 170 valence electrons. The van der Waals surface area contributed by atoms with E-state index >= 15 is 0 Å². The molecule has 1 unspecified atom stereocenters. The first kappa shape index (κ1) is 22.8. The average molecular weight is 464 g/mol. The molecule has 1 N–H and O–H groups in total. The van der Waals surface area contributed by atoms with Crippen LogP contribution in [0.2, 0.25) is 0 Å². The summed E-state index contributed by atoms with van der Waals surface area (Å²) in [5, 5.41) is 4.45. The highest BCUT2D eigenvalue weighted by molar-refractivity contribution is 7.99. The van der Waals surface area contributed by atoms with Crippen LogP contribution in [0.1, 0.15) is 68.7 Å². The number of nitrogens with one attached hydrogen (secondary N) is 1. The van der Waals surface area contributed by atoms with Crippen molar-refractivity contribution in [3.8, 4) is 0 Å². The number of thioether (sulfide) groups is 1. The van der Waals surface area contributed by atoms with Gasteiger partial charge in [0.05, 0.1) is 23.8 Å². The van der Waals surface area contributed by atoms with E-state index in [1.54, 1.807) is 15.9 Å². The largest absolute Gasteiger partial charge is 0.376 e. The van der Waals surface area contributed by atoms with Crippen LogP contribution in [-0.4, -0.2) is 40.5 Å². The molecule has 0 spiro atoms. The van der Waals surface area contributed by atoms with Gasteiger partial charge in [0, 0.05) is 18.0 Å². The number of carbonyl (C=O) groups is 1. The molecule has 8 heteroatoms. The lowest BCUT2D eigenvalue weighted by Crippen LogP contribution is -2.30. The zero-order chi connectivity index (χ0) is 21.6. The number of rotatable bonds is 10. The maximum atomic E-state index is 13.5. The van der Waals surface area contributed by atoms with E-state index in [0.717, 1.165) is 61.8 Å². The van der Waals surface area contributed by atoms with Gasteiger partial charge in [-0.3, -0.25) is 14.2 Å². The SMILES string of the molecule is CCCCCCNC(=O)CSc1nc2sc3c(c2c(=O)n1CC1CCCO1)CCCC3. The van der Waals surface area contributed by atoms with Gasteiger partial charge in [0.15, 0.2) is 5.16 Å². The van der Waals surface area contributed by atoms with Gasteiger partial charge in [0.2, 0.25) is 5.91 Å². The van der Waals surface area contributed by atoms with Gasteiger partial charge in [0.25, 0.3) is 5.56 Å². The van der Waals surface area contributed by atoms with Crippen LogP contribution >= 0.6 is 23.1 Å². The molecule has 6 nitrogen and oxygen atoms in total.